The van der Waals surface area contributed by atoms with Gasteiger partial charge in [0, 0.05) is 6.61 Å². The van der Waals surface area contributed by atoms with Crippen LogP contribution in [-0.2, 0) is 0 Å². The smallest absolute Gasteiger partial charge is 0.0431 e. The topological polar surface area (TPSA) is 20.2 Å². The average Bonchev–Trinajstić information content (AvgIpc) is 2.26. The van der Waals surface area contributed by atoms with Crippen LogP contribution >= 0.6 is 0 Å². The van der Waals surface area contributed by atoms with Gasteiger partial charge in [-0.15, -0.1) is 0 Å². The molecule has 1 N–H and O–H groups in total. The Morgan fingerprint density at radius 3 is 1.87 bits per heavy atom. The Balaban J connectivity index is 2.92. The largest absolute Gasteiger partial charge is 0.396 e. The van der Waals surface area contributed by atoms with Gasteiger partial charge in [-0.05, 0) is 25.7 Å². The fourth-order valence-electron chi connectivity index (χ4n) is 1.66. The standard InChI is InChI=1S/C14H28O/c1-2-3-4-5-6-7-8-9-10-11-12-13-14-15/h4-5,15H,2-3,6-14H2,1H3/b5-4+. The van der Waals surface area contributed by atoms with Crippen molar-refractivity contribution in [3.8, 4) is 0 Å². The highest BCUT2D eigenvalue weighted by Gasteiger charge is 1.90. The quantitative estimate of drug-likeness (QED) is 0.396. The first kappa shape index (κ1) is 14.7. The van der Waals surface area contributed by atoms with Crippen molar-refractivity contribution in [3.63, 3.8) is 0 Å². The van der Waals surface area contributed by atoms with Crippen molar-refractivity contribution in [1.82, 2.24) is 0 Å². The lowest BCUT2D eigenvalue weighted by Crippen LogP contribution is -1.83. The fraction of sp³-hybridized carbons (Fsp3) is 0.857. The number of rotatable bonds is 11. The van der Waals surface area contributed by atoms with E-state index in [1.54, 1.807) is 0 Å². The molecule has 0 radical (unpaired) electrons. The van der Waals surface area contributed by atoms with Gasteiger partial charge in [-0.1, -0.05) is 57.6 Å². The van der Waals surface area contributed by atoms with Crippen LogP contribution < -0.4 is 0 Å². The lowest BCUT2D eigenvalue weighted by atomic mass is 10.1. The summed E-state index contributed by atoms with van der Waals surface area (Å²) < 4.78 is 0. The van der Waals surface area contributed by atoms with E-state index < -0.39 is 0 Å². The second-order valence-electron chi connectivity index (χ2n) is 4.25. The molecule has 0 aromatic carbocycles. The molecule has 0 saturated heterocycles. The maximum Gasteiger partial charge on any atom is 0.0431 e. The first-order chi connectivity index (χ1) is 7.41. The molecule has 0 rings (SSSR count). The van der Waals surface area contributed by atoms with E-state index in [4.69, 9.17) is 5.11 Å². The summed E-state index contributed by atoms with van der Waals surface area (Å²) in [6.07, 6.45) is 17.3. The molecule has 0 spiro atoms. The molecule has 0 unspecified atom stereocenters. The molecule has 0 bridgehead atoms. The zero-order valence-corrected chi connectivity index (χ0v) is 10.4. The maximum absolute atomic E-state index is 8.60. The van der Waals surface area contributed by atoms with Crippen molar-refractivity contribution in [2.75, 3.05) is 6.61 Å². The third kappa shape index (κ3) is 13.7. The number of allylic oxidation sites excluding steroid dienone is 2. The van der Waals surface area contributed by atoms with E-state index in [0.717, 1.165) is 6.42 Å². The van der Waals surface area contributed by atoms with E-state index in [1.807, 2.05) is 0 Å². The van der Waals surface area contributed by atoms with Gasteiger partial charge in [0.25, 0.3) is 0 Å². The third-order valence-corrected chi connectivity index (χ3v) is 2.65. The Labute approximate surface area is 95.6 Å². The maximum atomic E-state index is 8.60. The van der Waals surface area contributed by atoms with Gasteiger partial charge >= 0.3 is 0 Å². The summed E-state index contributed by atoms with van der Waals surface area (Å²) in [6, 6.07) is 0. The van der Waals surface area contributed by atoms with Gasteiger partial charge in [-0.3, -0.25) is 0 Å². The zero-order valence-electron chi connectivity index (χ0n) is 10.4. The molecule has 0 aliphatic carbocycles. The second kappa shape index (κ2) is 13.7. The first-order valence-corrected chi connectivity index (χ1v) is 6.67. The SMILES string of the molecule is CCC/C=C/CCCCCCCCCO. The summed E-state index contributed by atoms with van der Waals surface area (Å²) >= 11 is 0. The Morgan fingerprint density at radius 1 is 0.733 bits per heavy atom. The van der Waals surface area contributed by atoms with Crippen molar-refractivity contribution in [1.29, 1.82) is 0 Å². The van der Waals surface area contributed by atoms with Crippen molar-refractivity contribution < 1.29 is 5.11 Å². The van der Waals surface area contributed by atoms with Crippen molar-refractivity contribution in [2.24, 2.45) is 0 Å². The van der Waals surface area contributed by atoms with E-state index in [-0.39, 0.29) is 0 Å². The normalized spacial score (nSPS) is 11.3. The van der Waals surface area contributed by atoms with Gasteiger partial charge in [0.15, 0.2) is 0 Å². The summed E-state index contributed by atoms with van der Waals surface area (Å²) in [5.41, 5.74) is 0. The van der Waals surface area contributed by atoms with E-state index >= 15 is 0 Å². The van der Waals surface area contributed by atoms with Crippen LogP contribution in [0.4, 0.5) is 0 Å². The van der Waals surface area contributed by atoms with E-state index in [9.17, 15) is 0 Å². The Hall–Kier alpha value is -0.300. The highest BCUT2D eigenvalue weighted by molar-refractivity contribution is 4.80. The minimum atomic E-state index is 0.363. The van der Waals surface area contributed by atoms with E-state index in [0.29, 0.717) is 6.61 Å². The lowest BCUT2D eigenvalue weighted by Gasteiger charge is -1.99. The minimum absolute atomic E-state index is 0.363. The summed E-state index contributed by atoms with van der Waals surface area (Å²) in [7, 11) is 0. The molecular weight excluding hydrogens is 184 g/mol. The lowest BCUT2D eigenvalue weighted by molar-refractivity contribution is 0.282. The van der Waals surface area contributed by atoms with Gasteiger partial charge in [-0.25, -0.2) is 0 Å². The summed E-state index contributed by atoms with van der Waals surface area (Å²) in [6.45, 7) is 2.58. The molecule has 0 aliphatic rings. The van der Waals surface area contributed by atoms with Crippen molar-refractivity contribution in [2.45, 2.75) is 71.1 Å². The van der Waals surface area contributed by atoms with Crippen molar-refractivity contribution >= 4 is 0 Å². The summed E-state index contributed by atoms with van der Waals surface area (Å²) in [5, 5.41) is 8.60. The molecule has 0 aromatic heterocycles. The van der Waals surface area contributed by atoms with Crippen LogP contribution in [0.2, 0.25) is 0 Å². The second-order valence-corrected chi connectivity index (χ2v) is 4.25. The molecule has 1 nitrogen and oxygen atoms in total. The van der Waals surface area contributed by atoms with Crippen LogP contribution in [0.5, 0.6) is 0 Å². The Morgan fingerprint density at radius 2 is 1.27 bits per heavy atom. The van der Waals surface area contributed by atoms with Crippen LogP contribution in [0.3, 0.4) is 0 Å². The third-order valence-electron chi connectivity index (χ3n) is 2.65. The molecule has 0 aromatic rings. The molecular formula is C14H28O. The molecule has 0 aliphatic heterocycles. The number of hydrogen-bond acceptors (Lipinski definition) is 1. The highest BCUT2D eigenvalue weighted by atomic mass is 16.2. The zero-order chi connectivity index (χ0) is 11.2. The fourth-order valence-corrected chi connectivity index (χ4v) is 1.66. The van der Waals surface area contributed by atoms with Gasteiger partial charge in [0.2, 0.25) is 0 Å². The summed E-state index contributed by atoms with van der Waals surface area (Å²) in [5.74, 6) is 0. The predicted molar refractivity (Wildman–Crippen MR) is 68.1 cm³/mol. The molecule has 0 heterocycles. The van der Waals surface area contributed by atoms with Gasteiger partial charge in [0.05, 0.1) is 0 Å². The van der Waals surface area contributed by atoms with Crippen LogP contribution in [0.15, 0.2) is 12.2 Å². The monoisotopic (exact) mass is 212 g/mol. The van der Waals surface area contributed by atoms with Crippen LogP contribution in [0.1, 0.15) is 71.1 Å². The van der Waals surface area contributed by atoms with Crippen molar-refractivity contribution in [3.05, 3.63) is 12.2 Å². The van der Waals surface area contributed by atoms with Gasteiger partial charge < -0.3 is 5.11 Å². The van der Waals surface area contributed by atoms with Crippen LogP contribution in [0, 0.1) is 0 Å². The number of hydrogen-bond donors (Lipinski definition) is 1. The van der Waals surface area contributed by atoms with E-state index in [2.05, 4.69) is 19.1 Å². The van der Waals surface area contributed by atoms with Gasteiger partial charge in [-0.2, -0.15) is 0 Å². The molecule has 0 amide bonds. The molecule has 1 heteroatoms. The van der Waals surface area contributed by atoms with Crippen LogP contribution in [0.25, 0.3) is 0 Å². The molecule has 15 heavy (non-hydrogen) atoms. The highest BCUT2D eigenvalue weighted by Crippen LogP contribution is 2.08. The minimum Gasteiger partial charge on any atom is -0.396 e. The molecule has 90 valence electrons. The molecule has 0 fully saturated rings. The first-order valence-electron chi connectivity index (χ1n) is 6.67. The number of unbranched alkanes of at least 4 members (excludes halogenated alkanes) is 8. The molecule has 0 saturated carbocycles. The Bertz CT molecular complexity index is 129. The average molecular weight is 212 g/mol. The Kier molecular flexibility index (Phi) is 13.4. The summed E-state index contributed by atoms with van der Waals surface area (Å²) in [4.78, 5) is 0. The predicted octanol–water partition coefficient (Wildman–Crippen LogP) is 4.46. The van der Waals surface area contributed by atoms with Crippen LogP contribution in [-0.4, -0.2) is 11.7 Å². The molecule has 0 atom stereocenters. The van der Waals surface area contributed by atoms with E-state index in [1.165, 1.54) is 57.8 Å². The number of aliphatic hydroxyl groups is 1. The number of aliphatic hydroxyl groups excluding tert-OH is 1. The van der Waals surface area contributed by atoms with Gasteiger partial charge in [0.1, 0.15) is 0 Å².